The van der Waals surface area contributed by atoms with Gasteiger partial charge in [0, 0.05) is 45.8 Å². The first-order valence-corrected chi connectivity index (χ1v) is 10.6. The van der Waals surface area contributed by atoms with Crippen LogP contribution < -0.4 is 0 Å². The van der Waals surface area contributed by atoms with E-state index >= 15 is 0 Å². The van der Waals surface area contributed by atoms with Gasteiger partial charge in [-0.3, -0.25) is 14.5 Å². The van der Waals surface area contributed by atoms with E-state index in [-0.39, 0.29) is 17.4 Å². The van der Waals surface area contributed by atoms with E-state index in [9.17, 15) is 14.4 Å². The number of benzene rings is 1. The van der Waals surface area contributed by atoms with Crippen LogP contribution in [0.2, 0.25) is 0 Å². The van der Waals surface area contributed by atoms with E-state index in [0.717, 1.165) is 52.4 Å². The minimum absolute atomic E-state index is 0.160. The van der Waals surface area contributed by atoms with Crippen LogP contribution in [0, 0.1) is 5.41 Å². The van der Waals surface area contributed by atoms with Crippen molar-refractivity contribution in [3.8, 4) is 0 Å². The van der Waals surface area contributed by atoms with Crippen molar-refractivity contribution in [2.24, 2.45) is 5.41 Å². The average molecular weight is 415 g/mol. The van der Waals surface area contributed by atoms with Crippen molar-refractivity contribution >= 4 is 17.8 Å². The van der Waals surface area contributed by atoms with Gasteiger partial charge in [0.05, 0.1) is 36.9 Å². The first-order chi connectivity index (χ1) is 14.5. The van der Waals surface area contributed by atoms with Gasteiger partial charge in [0.15, 0.2) is 0 Å². The van der Waals surface area contributed by atoms with E-state index in [1.165, 1.54) is 7.11 Å². The Morgan fingerprint density at radius 1 is 1.03 bits per heavy atom. The molecule has 0 N–H and O–H groups in total. The third-order valence-electron chi connectivity index (χ3n) is 6.59. The molecule has 3 aliphatic heterocycles. The third kappa shape index (κ3) is 3.94. The lowest BCUT2D eigenvalue weighted by Gasteiger charge is -2.29. The number of esters is 1. The Morgan fingerprint density at radius 3 is 2.47 bits per heavy atom. The molecule has 0 aromatic heterocycles. The molecule has 4 rings (SSSR count). The Bertz CT molecular complexity index is 823. The summed E-state index contributed by atoms with van der Waals surface area (Å²) >= 11 is 0. The van der Waals surface area contributed by atoms with Gasteiger partial charge in [0.1, 0.15) is 0 Å². The second-order valence-electron chi connectivity index (χ2n) is 8.29. The summed E-state index contributed by atoms with van der Waals surface area (Å²) in [6, 6.07) is 6.69. The van der Waals surface area contributed by atoms with Crippen LogP contribution in [-0.2, 0) is 14.3 Å². The predicted octanol–water partition coefficient (Wildman–Crippen LogP) is 0.870. The molecule has 3 saturated heterocycles. The van der Waals surface area contributed by atoms with Crippen molar-refractivity contribution in [2.45, 2.75) is 12.8 Å². The summed E-state index contributed by atoms with van der Waals surface area (Å²) in [5.41, 5.74) is 0.104. The van der Waals surface area contributed by atoms with Gasteiger partial charge in [-0.1, -0.05) is 12.1 Å². The molecule has 8 nitrogen and oxygen atoms in total. The fourth-order valence-electron chi connectivity index (χ4n) is 4.75. The highest BCUT2D eigenvalue weighted by Gasteiger charge is 2.51. The largest absolute Gasteiger partial charge is 0.465 e. The predicted molar refractivity (Wildman–Crippen MR) is 109 cm³/mol. The summed E-state index contributed by atoms with van der Waals surface area (Å²) < 4.78 is 10.2. The molecule has 1 unspecified atom stereocenters. The van der Waals surface area contributed by atoms with Gasteiger partial charge < -0.3 is 19.3 Å². The summed E-state index contributed by atoms with van der Waals surface area (Å²) in [6.45, 7) is 6.59. The Balaban J connectivity index is 1.40. The number of methoxy groups -OCH3 is 1. The van der Waals surface area contributed by atoms with Crippen LogP contribution in [0.15, 0.2) is 24.3 Å². The van der Waals surface area contributed by atoms with E-state index in [1.54, 1.807) is 29.2 Å². The quantitative estimate of drug-likeness (QED) is 0.664. The molecular weight excluding hydrogens is 386 g/mol. The second-order valence-corrected chi connectivity index (χ2v) is 8.29. The van der Waals surface area contributed by atoms with E-state index in [0.29, 0.717) is 25.1 Å². The lowest BCUT2D eigenvalue weighted by atomic mass is 9.85. The molecule has 162 valence electrons. The first kappa shape index (κ1) is 20.8. The number of amides is 2. The normalized spacial score (nSPS) is 24.6. The average Bonchev–Trinajstić information content (AvgIpc) is 3.36. The SMILES string of the molecule is COC(=O)c1ccccc1C(=O)N1CCC2(CCN(CCN3CCOCC3)C2=O)C1. The van der Waals surface area contributed by atoms with Gasteiger partial charge >= 0.3 is 5.97 Å². The fraction of sp³-hybridized carbons (Fsp3) is 0.591. The monoisotopic (exact) mass is 415 g/mol. The molecule has 30 heavy (non-hydrogen) atoms. The highest BCUT2D eigenvalue weighted by molar-refractivity contribution is 6.05. The van der Waals surface area contributed by atoms with E-state index in [1.807, 2.05) is 4.90 Å². The lowest BCUT2D eigenvalue weighted by Crippen LogP contribution is -2.44. The maximum atomic E-state index is 13.2. The molecule has 1 aromatic carbocycles. The van der Waals surface area contributed by atoms with Gasteiger partial charge in [-0.15, -0.1) is 0 Å². The molecular formula is C22H29N3O5. The van der Waals surface area contributed by atoms with Crippen molar-refractivity contribution in [2.75, 3.05) is 66.1 Å². The Labute approximate surface area is 176 Å². The zero-order valence-electron chi connectivity index (χ0n) is 17.5. The van der Waals surface area contributed by atoms with Crippen molar-refractivity contribution in [3.63, 3.8) is 0 Å². The molecule has 1 spiro atoms. The highest BCUT2D eigenvalue weighted by Crippen LogP contribution is 2.41. The number of carbonyl (C=O) groups excluding carboxylic acids is 3. The summed E-state index contributed by atoms with van der Waals surface area (Å²) in [4.78, 5) is 44.4. The summed E-state index contributed by atoms with van der Waals surface area (Å²) in [7, 11) is 1.30. The number of rotatable bonds is 5. The number of ether oxygens (including phenoxy) is 2. The topological polar surface area (TPSA) is 79.4 Å². The van der Waals surface area contributed by atoms with Crippen molar-refractivity contribution in [1.29, 1.82) is 0 Å². The van der Waals surface area contributed by atoms with E-state index < -0.39 is 11.4 Å². The highest BCUT2D eigenvalue weighted by atomic mass is 16.5. The van der Waals surface area contributed by atoms with Crippen LogP contribution >= 0.6 is 0 Å². The van der Waals surface area contributed by atoms with Crippen LogP contribution in [0.4, 0.5) is 0 Å². The molecule has 1 atom stereocenters. The van der Waals surface area contributed by atoms with Crippen LogP contribution in [0.5, 0.6) is 0 Å². The first-order valence-electron chi connectivity index (χ1n) is 10.6. The maximum absolute atomic E-state index is 13.2. The van der Waals surface area contributed by atoms with Crippen molar-refractivity contribution < 1.29 is 23.9 Å². The zero-order chi connectivity index (χ0) is 21.1. The molecule has 1 aromatic rings. The van der Waals surface area contributed by atoms with Crippen molar-refractivity contribution in [1.82, 2.24) is 14.7 Å². The van der Waals surface area contributed by atoms with Crippen LogP contribution in [0.1, 0.15) is 33.6 Å². The fourth-order valence-corrected chi connectivity index (χ4v) is 4.75. The molecule has 3 heterocycles. The van der Waals surface area contributed by atoms with Crippen LogP contribution in [-0.4, -0.2) is 98.6 Å². The van der Waals surface area contributed by atoms with Crippen LogP contribution in [0.3, 0.4) is 0 Å². The van der Waals surface area contributed by atoms with E-state index in [2.05, 4.69) is 4.90 Å². The lowest BCUT2D eigenvalue weighted by molar-refractivity contribution is -0.135. The standard InChI is InChI=1S/C22H29N3O5/c1-29-20(27)18-5-3-2-4-17(18)19(26)25-9-7-22(16-25)6-8-24(21(22)28)11-10-23-12-14-30-15-13-23/h2-5H,6-16H2,1H3. The minimum Gasteiger partial charge on any atom is -0.465 e. The Kier molecular flexibility index (Phi) is 6.06. The number of likely N-dealkylation sites (tertiary alicyclic amines) is 2. The smallest absolute Gasteiger partial charge is 0.338 e. The number of hydrogen-bond acceptors (Lipinski definition) is 6. The molecule has 2 amide bonds. The molecule has 0 bridgehead atoms. The molecule has 0 saturated carbocycles. The Hall–Kier alpha value is -2.45. The summed E-state index contributed by atoms with van der Waals surface area (Å²) in [5.74, 6) is -0.584. The number of hydrogen-bond donors (Lipinski definition) is 0. The molecule has 3 fully saturated rings. The van der Waals surface area contributed by atoms with Gasteiger partial charge in [0.25, 0.3) is 5.91 Å². The Morgan fingerprint density at radius 2 is 1.73 bits per heavy atom. The summed E-state index contributed by atoms with van der Waals surface area (Å²) in [6.07, 6.45) is 1.45. The number of morpholine rings is 1. The molecule has 3 aliphatic rings. The zero-order valence-corrected chi connectivity index (χ0v) is 17.5. The minimum atomic E-state index is -0.529. The van der Waals surface area contributed by atoms with E-state index in [4.69, 9.17) is 9.47 Å². The maximum Gasteiger partial charge on any atom is 0.338 e. The van der Waals surface area contributed by atoms with Gasteiger partial charge in [-0.25, -0.2) is 4.79 Å². The van der Waals surface area contributed by atoms with Crippen molar-refractivity contribution in [3.05, 3.63) is 35.4 Å². The van der Waals surface area contributed by atoms with Gasteiger partial charge in [-0.2, -0.15) is 0 Å². The molecule has 0 aliphatic carbocycles. The number of nitrogens with zero attached hydrogens (tertiary/aromatic N) is 3. The van der Waals surface area contributed by atoms with Crippen LogP contribution in [0.25, 0.3) is 0 Å². The number of carbonyl (C=O) groups is 3. The van der Waals surface area contributed by atoms with Gasteiger partial charge in [0.2, 0.25) is 5.91 Å². The second kappa shape index (κ2) is 8.73. The van der Waals surface area contributed by atoms with Gasteiger partial charge in [-0.05, 0) is 25.0 Å². The molecule has 8 heteroatoms. The molecule has 0 radical (unpaired) electrons. The summed E-state index contributed by atoms with van der Waals surface area (Å²) in [5, 5.41) is 0. The third-order valence-corrected chi connectivity index (χ3v) is 6.59.